The summed E-state index contributed by atoms with van der Waals surface area (Å²) in [6.07, 6.45) is 0. The van der Waals surface area contributed by atoms with Gasteiger partial charge < -0.3 is 4.74 Å². The molecular weight excluding hydrogens is 390 g/mol. The predicted molar refractivity (Wildman–Crippen MR) is 112 cm³/mol. The SMILES string of the molecule is CNS(=O)(=O)c1ccc(/C(C)=N/NC(=O)COc2ccc3ccccc3c2)cc1. The zero-order valence-electron chi connectivity index (χ0n) is 16.0. The highest BCUT2D eigenvalue weighted by molar-refractivity contribution is 7.89. The van der Waals surface area contributed by atoms with E-state index in [1.54, 1.807) is 19.1 Å². The lowest BCUT2D eigenvalue weighted by molar-refractivity contribution is -0.123. The molecule has 0 aliphatic heterocycles. The van der Waals surface area contributed by atoms with Gasteiger partial charge in [0, 0.05) is 0 Å². The zero-order valence-corrected chi connectivity index (χ0v) is 16.9. The molecule has 2 N–H and O–H groups in total. The zero-order chi connectivity index (χ0) is 20.9. The molecule has 29 heavy (non-hydrogen) atoms. The van der Waals surface area contributed by atoms with Gasteiger partial charge in [-0.15, -0.1) is 0 Å². The number of carbonyl (C=O) groups is 1. The first-order valence-electron chi connectivity index (χ1n) is 8.88. The van der Waals surface area contributed by atoms with Crippen LogP contribution in [0.5, 0.6) is 5.75 Å². The fourth-order valence-electron chi connectivity index (χ4n) is 2.64. The van der Waals surface area contributed by atoms with E-state index in [9.17, 15) is 13.2 Å². The minimum atomic E-state index is -3.49. The molecule has 3 rings (SSSR count). The molecule has 3 aromatic carbocycles. The molecular formula is C21H21N3O4S. The third kappa shape index (κ3) is 5.18. The van der Waals surface area contributed by atoms with Crippen LogP contribution in [-0.2, 0) is 14.8 Å². The summed E-state index contributed by atoms with van der Waals surface area (Å²) >= 11 is 0. The average molecular weight is 411 g/mol. The number of nitrogens with zero attached hydrogens (tertiary/aromatic N) is 1. The van der Waals surface area contributed by atoms with Crippen molar-refractivity contribution in [3.8, 4) is 5.75 Å². The largest absolute Gasteiger partial charge is 0.484 e. The second-order valence-corrected chi connectivity index (χ2v) is 8.15. The van der Waals surface area contributed by atoms with Crippen LogP contribution in [0.3, 0.4) is 0 Å². The number of hydrogen-bond donors (Lipinski definition) is 2. The molecule has 1 amide bonds. The Balaban J connectivity index is 1.57. The van der Waals surface area contributed by atoms with Gasteiger partial charge in [-0.3, -0.25) is 4.79 Å². The molecule has 0 unspecified atom stereocenters. The van der Waals surface area contributed by atoms with Crippen molar-refractivity contribution in [1.82, 2.24) is 10.1 Å². The summed E-state index contributed by atoms with van der Waals surface area (Å²) in [7, 11) is -2.14. The Bertz CT molecular complexity index is 1160. The number of sulfonamides is 1. The molecule has 3 aromatic rings. The van der Waals surface area contributed by atoms with E-state index in [0.717, 1.165) is 10.8 Å². The van der Waals surface area contributed by atoms with E-state index in [1.165, 1.54) is 19.2 Å². The molecule has 0 bridgehead atoms. The maximum atomic E-state index is 12.0. The lowest BCUT2D eigenvalue weighted by atomic mass is 10.1. The van der Waals surface area contributed by atoms with E-state index in [0.29, 0.717) is 17.0 Å². The summed E-state index contributed by atoms with van der Waals surface area (Å²) in [5, 5.41) is 6.17. The van der Waals surface area contributed by atoms with E-state index >= 15 is 0 Å². The molecule has 150 valence electrons. The molecule has 0 radical (unpaired) electrons. The van der Waals surface area contributed by atoms with Crippen molar-refractivity contribution >= 4 is 32.4 Å². The van der Waals surface area contributed by atoms with Crippen molar-refractivity contribution in [2.75, 3.05) is 13.7 Å². The van der Waals surface area contributed by atoms with Crippen LogP contribution in [0.1, 0.15) is 12.5 Å². The highest BCUT2D eigenvalue weighted by Crippen LogP contribution is 2.20. The number of carbonyl (C=O) groups excluding carboxylic acids is 1. The van der Waals surface area contributed by atoms with Gasteiger partial charge in [-0.25, -0.2) is 18.6 Å². The van der Waals surface area contributed by atoms with Crippen LogP contribution in [0.2, 0.25) is 0 Å². The van der Waals surface area contributed by atoms with Crippen molar-refractivity contribution < 1.29 is 17.9 Å². The maximum Gasteiger partial charge on any atom is 0.277 e. The van der Waals surface area contributed by atoms with Crippen molar-refractivity contribution in [3.63, 3.8) is 0 Å². The third-order valence-electron chi connectivity index (χ3n) is 4.29. The standard InChI is InChI=1S/C21H21N3O4S/c1-15(16-8-11-20(12-9-16)29(26,27)22-2)23-24-21(25)14-28-19-10-7-17-5-3-4-6-18(17)13-19/h3-13,22H,14H2,1-2H3,(H,24,25)/b23-15+. The number of fused-ring (bicyclic) bond motifs is 1. The van der Waals surface area contributed by atoms with E-state index in [1.807, 2.05) is 42.5 Å². The predicted octanol–water partition coefficient (Wildman–Crippen LogP) is 2.67. The Kier molecular flexibility index (Phi) is 6.26. The summed E-state index contributed by atoms with van der Waals surface area (Å²) in [4.78, 5) is 12.2. The minimum Gasteiger partial charge on any atom is -0.484 e. The Morgan fingerprint density at radius 2 is 1.69 bits per heavy atom. The molecule has 0 aliphatic carbocycles. The number of rotatable bonds is 7. The van der Waals surface area contributed by atoms with E-state index in [-0.39, 0.29) is 11.5 Å². The molecule has 0 fully saturated rings. The second-order valence-electron chi connectivity index (χ2n) is 6.26. The van der Waals surface area contributed by atoms with Crippen LogP contribution in [0, 0.1) is 0 Å². The molecule has 0 atom stereocenters. The molecule has 7 nitrogen and oxygen atoms in total. The van der Waals surface area contributed by atoms with Gasteiger partial charge in [0.15, 0.2) is 6.61 Å². The van der Waals surface area contributed by atoms with E-state index in [2.05, 4.69) is 15.2 Å². The first-order chi connectivity index (χ1) is 13.9. The molecule has 8 heteroatoms. The molecule has 0 heterocycles. The lowest BCUT2D eigenvalue weighted by Gasteiger charge is -2.07. The summed E-state index contributed by atoms with van der Waals surface area (Å²) in [6.45, 7) is 1.54. The highest BCUT2D eigenvalue weighted by Gasteiger charge is 2.11. The van der Waals surface area contributed by atoms with Crippen molar-refractivity contribution in [3.05, 3.63) is 72.3 Å². The molecule has 0 saturated heterocycles. The van der Waals surface area contributed by atoms with Gasteiger partial charge in [-0.05, 0) is 54.6 Å². The smallest absolute Gasteiger partial charge is 0.277 e. The average Bonchev–Trinajstić information content (AvgIpc) is 2.76. The van der Waals surface area contributed by atoms with Crippen LogP contribution in [-0.4, -0.2) is 33.7 Å². The van der Waals surface area contributed by atoms with Gasteiger partial charge in [0.25, 0.3) is 5.91 Å². The number of ether oxygens (including phenoxy) is 1. The monoisotopic (exact) mass is 411 g/mol. The summed E-state index contributed by atoms with van der Waals surface area (Å²) in [6, 6.07) is 19.7. The Hall–Kier alpha value is -3.23. The van der Waals surface area contributed by atoms with Crippen LogP contribution in [0.4, 0.5) is 0 Å². The van der Waals surface area contributed by atoms with E-state index < -0.39 is 15.9 Å². The lowest BCUT2D eigenvalue weighted by Crippen LogP contribution is -2.25. The number of nitrogens with one attached hydrogen (secondary N) is 2. The Morgan fingerprint density at radius 1 is 1.00 bits per heavy atom. The van der Waals surface area contributed by atoms with Crippen LogP contribution >= 0.6 is 0 Å². The van der Waals surface area contributed by atoms with Crippen LogP contribution in [0.25, 0.3) is 10.8 Å². The minimum absolute atomic E-state index is 0.157. The van der Waals surface area contributed by atoms with Crippen LogP contribution < -0.4 is 14.9 Å². The van der Waals surface area contributed by atoms with Crippen LogP contribution in [0.15, 0.2) is 76.7 Å². The summed E-state index contributed by atoms with van der Waals surface area (Å²) in [5.74, 6) is 0.202. The van der Waals surface area contributed by atoms with Gasteiger partial charge in [0.1, 0.15) is 5.75 Å². The normalized spacial score (nSPS) is 12.0. The first kappa shape index (κ1) is 20.5. The van der Waals surface area contributed by atoms with Gasteiger partial charge >= 0.3 is 0 Å². The number of hydrazone groups is 1. The topological polar surface area (TPSA) is 96.9 Å². The first-order valence-corrected chi connectivity index (χ1v) is 10.4. The quantitative estimate of drug-likeness (QED) is 0.461. The van der Waals surface area contributed by atoms with Gasteiger partial charge in [0.2, 0.25) is 10.0 Å². The number of benzene rings is 3. The van der Waals surface area contributed by atoms with Gasteiger partial charge in [0.05, 0.1) is 10.6 Å². The summed E-state index contributed by atoms with van der Waals surface area (Å²) < 4.78 is 31.3. The number of hydrogen-bond acceptors (Lipinski definition) is 5. The fourth-order valence-corrected chi connectivity index (χ4v) is 3.37. The molecule has 0 spiro atoms. The number of amides is 1. The van der Waals surface area contributed by atoms with Gasteiger partial charge in [-0.2, -0.15) is 5.10 Å². The fraction of sp³-hybridized carbons (Fsp3) is 0.143. The van der Waals surface area contributed by atoms with E-state index in [4.69, 9.17) is 4.74 Å². The third-order valence-corrected chi connectivity index (χ3v) is 5.72. The van der Waals surface area contributed by atoms with Crippen molar-refractivity contribution in [1.29, 1.82) is 0 Å². The van der Waals surface area contributed by atoms with Crippen molar-refractivity contribution in [2.24, 2.45) is 5.10 Å². The van der Waals surface area contributed by atoms with Gasteiger partial charge in [-0.1, -0.05) is 42.5 Å². The summed E-state index contributed by atoms with van der Waals surface area (Å²) in [5.41, 5.74) is 3.67. The Labute approximate surface area is 169 Å². The second kappa shape index (κ2) is 8.85. The molecule has 0 aromatic heterocycles. The molecule has 0 aliphatic rings. The maximum absolute atomic E-state index is 12.0. The Morgan fingerprint density at radius 3 is 2.38 bits per heavy atom. The van der Waals surface area contributed by atoms with Crippen molar-refractivity contribution in [2.45, 2.75) is 11.8 Å². The highest BCUT2D eigenvalue weighted by atomic mass is 32.2. The molecule has 0 saturated carbocycles.